The molecule has 0 aliphatic carbocycles. The molecular weight excluding hydrogens is 342 g/mol. The number of H-pyrrole nitrogens is 1. The highest BCUT2D eigenvalue weighted by atomic mass is 32.2. The molecule has 2 aliphatic rings. The number of amides is 1. The van der Waals surface area contributed by atoms with Crippen LogP contribution in [0.2, 0.25) is 0 Å². The number of nitrogens with zero attached hydrogens (tertiary/aromatic N) is 3. The van der Waals surface area contributed by atoms with Crippen molar-refractivity contribution in [3.8, 4) is 0 Å². The number of hydrogen-bond donors (Lipinski definition) is 3. The van der Waals surface area contributed by atoms with Gasteiger partial charge in [-0.2, -0.15) is 0 Å². The summed E-state index contributed by atoms with van der Waals surface area (Å²) in [6.07, 6.45) is 0. The fourth-order valence-electron chi connectivity index (χ4n) is 2.39. The molecule has 1 saturated heterocycles. The number of carbonyl (C=O) groups excluding carboxylic acids is 1. The van der Waals surface area contributed by atoms with Crippen LogP contribution in [0.1, 0.15) is 5.82 Å². The molecule has 1 fully saturated rings. The molecule has 1 amide bonds. The Morgan fingerprint density at radius 3 is 3.13 bits per heavy atom. The van der Waals surface area contributed by atoms with Crippen molar-refractivity contribution in [2.24, 2.45) is 5.73 Å². The Balaban J connectivity index is 1.74. The molecule has 1 unspecified atom stereocenters. The van der Waals surface area contributed by atoms with Crippen LogP contribution in [0.4, 0.5) is 0 Å². The van der Waals surface area contributed by atoms with Crippen LogP contribution < -0.4 is 5.73 Å². The third-order valence-electron chi connectivity index (χ3n) is 3.46. The van der Waals surface area contributed by atoms with E-state index in [9.17, 15) is 14.7 Å². The third-order valence-corrected chi connectivity index (χ3v) is 5.75. The Hall–Kier alpha value is -1.56. The van der Waals surface area contributed by atoms with E-state index >= 15 is 0 Å². The van der Waals surface area contributed by atoms with Crippen LogP contribution in [0, 0.1) is 0 Å². The summed E-state index contributed by atoms with van der Waals surface area (Å²) >= 11 is 2.79. The van der Waals surface area contributed by atoms with Gasteiger partial charge < -0.3 is 15.6 Å². The van der Waals surface area contributed by atoms with E-state index < -0.39 is 12.0 Å². The molecule has 23 heavy (non-hydrogen) atoms. The molecule has 0 radical (unpaired) electrons. The first-order valence-electron chi connectivity index (χ1n) is 6.71. The number of carboxylic acids is 1. The molecule has 4 N–H and O–H groups in total. The molecule has 9 nitrogen and oxygen atoms in total. The molecule has 3 heterocycles. The standard InChI is InChI=1S/C12H15N5O4S2/c1-21-2-6-14-12(16-15-6)23-4-5-3-22-10-7(13)9(18)17(10)8(5)11(19)20/h7,10H,2-4,13H2,1H3,(H,19,20)(H,14,15,16)/t7?,10-/m0/s1. The van der Waals surface area contributed by atoms with Crippen LogP contribution >= 0.6 is 23.5 Å². The number of nitrogens with one attached hydrogen (secondary N) is 1. The topological polar surface area (TPSA) is 134 Å². The Bertz CT molecular complexity index is 676. The number of nitrogens with two attached hydrogens (primary N) is 1. The molecule has 0 saturated carbocycles. The third kappa shape index (κ3) is 2.96. The number of aliphatic carboxylic acids is 1. The summed E-state index contributed by atoms with van der Waals surface area (Å²) in [4.78, 5) is 28.9. The number of ether oxygens (including phenoxy) is 1. The van der Waals surface area contributed by atoms with Crippen LogP contribution in [0.5, 0.6) is 0 Å². The van der Waals surface area contributed by atoms with Crippen molar-refractivity contribution in [1.82, 2.24) is 20.1 Å². The van der Waals surface area contributed by atoms with Crippen LogP contribution in [-0.4, -0.2) is 67.1 Å². The summed E-state index contributed by atoms with van der Waals surface area (Å²) in [5.74, 6) is 0.0598. The molecule has 0 bridgehead atoms. The maximum absolute atomic E-state index is 11.8. The second-order valence-corrected chi connectivity index (χ2v) is 7.03. The van der Waals surface area contributed by atoms with E-state index in [0.29, 0.717) is 34.7 Å². The van der Waals surface area contributed by atoms with Crippen LogP contribution in [0.15, 0.2) is 16.4 Å². The van der Waals surface area contributed by atoms with Gasteiger partial charge in [0.15, 0.2) is 5.82 Å². The van der Waals surface area contributed by atoms with Crippen molar-refractivity contribution in [1.29, 1.82) is 0 Å². The van der Waals surface area contributed by atoms with Crippen LogP contribution in [0.3, 0.4) is 0 Å². The molecule has 0 spiro atoms. The zero-order valence-electron chi connectivity index (χ0n) is 12.2. The number of thioether (sulfide) groups is 2. The lowest BCUT2D eigenvalue weighted by atomic mass is 10.0. The van der Waals surface area contributed by atoms with Gasteiger partial charge in [-0.3, -0.25) is 14.8 Å². The molecule has 11 heteroatoms. The fraction of sp³-hybridized carbons (Fsp3) is 0.500. The highest BCUT2D eigenvalue weighted by Gasteiger charge is 2.51. The van der Waals surface area contributed by atoms with Gasteiger partial charge in [-0.15, -0.1) is 16.9 Å². The summed E-state index contributed by atoms with van der Waals surface area (Å²) in [6, 6.07) is -0.617. The second kappa shape index (κ2) is 6.51. The average molecular weight is 357 g/mol. The van der Waals surface area contributed by atoms with Gasteiger partial charge in [-0.1, -0.05) is 11.8 Å². The lowest BCUT2D eigenvalue weighted by Gasteiger charge is -2.48. The number of hydrogen-bond acceptors (Lipinski definition) is 8. The van der Waals surface area contributed by atoms with Gasteiger partial charge in [-0.25, -0.2) is 9.78 Å². The lowest BCUT2D eigenvalue weighted by Crippen LogP contribution is -2.68. The first kappa shape index (κ1) is 16.3. The predicted molar refractivity (Wildman–Crippen MR) is 83.5 cm³/mol. The van der Waals surface area contributed by atoms with E-state index in [1.807, 2.05) is 0 Å². The fourth-order valence-corrected chi connectivity index (χ4v) is 4.64. The number of carbonyl (C=O) groups is 2. The maximum atomic E-state index is 11.8. The molecule has 2 aliphatic heterocycles. The molecule has 1 aromatic rings. The van der Waals surface area contributed by atoms with Crippen molar-refractivity contribution in [2.75, 3.05) is 18.6 Å². The second-order valence-electron chi connectivity index (χ2n) is 4.98. The van der Waals surface area contributed by atoms with Gasteiger partial charge in [-0.05, 0) is 5.57 Å². The van der Waals surface area contributed by atoms with Crippen molar-refractivity contribution >= 4 is 35.4 Å². The van der Waals surface area contributed by atoms with Crippen LogP contribution in [0.25, 0.3) is 0 Å². The zero-order chi connectivity index (χ0) is 16.6. The summed E-state index contributed by atoms with van der Waals surface area (Å²) in [6.45, 7) is 0.328. The average Bonchev–Trinajstić information content (AvgIpc) is 2.99. The van der Waals surface area contributed by atoms with Crippen molar-refractivity contribution in [2.45, 2.75) is 23.2 Å². The molecule has 0 aromatic carbocycles. The van der Waals surface area contributed by atoms with Gasteiger partial charge in [0.25, 0.3) is 0 Å². The zero-order valence-corrected chi connectivity index (χ0v) is 13.8. The van der Waals surface area contributed by atoms with Gasteiger partial charge in [0.05, 0.1) is 0 Å². The van der Waals surface area contributed by atoms with Gasteiger partial charge in [0, 0.05) is 18.6 Å². The Morgan fingerprint density at radius 2 is 2.43 bits per heavy atom. The summed E-state index contributed by atoms with van der Waals surface area (Å²) in [5, 5.41) is 16.4. The van der Waals surface area contributed by atoms with Crippen molar-refractivity contribution in [3.63, 3.8) is 0 Å². The normalized spacial score (nSPS) is 23.7. The molecule has 2 atom stereocenters. The van der Waals surface area contributed by atoms with Crippen molar-refractivity contribution in [3.05, 3.63) is 17.1 Å². The molecule has 3 rings (SSSR count). The predicted octanol–water partition coefficient (Wildman–Crippen LogP) is -0.376. The first-order chi connectivity index (χ1) is 11.0. The Morgan fingerprint density at radius 1 is 1.65 bits per heavy atom. The first-order valence-corrected chi connectivity index (χ1v) is 8.75. The van der Waals surface area contributed by atoms with E-state index in [-0.39, 0.29) is 17.0 Å². The van der Waals surface area contributed by atoms with Gasteiger partial charge >= 0.3 is 5.97 Å². The summed E-state index contributed by atoms with van der Waals surface area (Å²) in [7, 11) is 1.56. The smallest absolute Gasteiger partial charge is 0.352 e. The number of methoxy groups -OCH3 is 1. The minimum absolute atomic E-state index is 0.0422. The van der Waals surface area contributed by atoms with Gasteiger partial charge in [0.2, 0.25) is 11.1 Å². The minimum atomic E-state index is -1.11. The monoisotopic (exact) mass is 357 g/mol. The molecule has 1 aromatic heterocycles. The summed E-state index contributed by atoms with van der Waals surface area (Å²) in [5.41, 5.74) is 6.42. The van der Waals surface area contributed by atoms with E-state index in [1.165, 1.54) is 28.4 Å². The number of rotatable bonds is 6. The Labute approximate surface area is 140 Å². The SMILES string of the molecule is COCc1nc(SCC2=C(C(=O)O)N3C(=O)C(N)[C@@H]3SC2)n[nH]1. The van der Waals surface area contributed by atoms with E-state index in [4.69, 9.17) is 10.5 Å². The highest BCUT2D eigenvalue weighted by Crippen LogP contribution is 2.40. The van der Waals surface area contributed by atoms with Crippen molar-refractivity contribution < 1.29 is 19.4 Å². The quantitative estimate of drug-likeness (QED) is 0.460. The minimum Gasteiger partial charge on any atom is -0.477 e. The Kier molecular flexibility index (Phi) is 4.62. The highest BCUT2D eigenvalue weighted by molar-refractivity contribution is 8.01. The van der Waals surface area contributed by atoms with Crippen LogP contribution in [-0.2, 0) is 20.9 Å². The number of β-lactam (4-membered cyclic amide) rings is 1. The van der Waals surface area contributed by atoms with E-state index in [0.717, 1.165) is 0 Å². The number of fused-ring (bicyclic) bond motifs is 1. The molecule has 124 valence electrons. The largest absolute Gasteiger partial charge is 0.477 e. The molecular formula is C12H15N5O4S2. The lowest BCUT2D eigenvalue weighted by molar-refractivity contribution is -0.147. The maximum Gasteiger partial charge on any atom is 0.352 e. The number of aromatic amines is 1. The van der Waals surface area contributed by atoms with E-state index in [1.54, 1.807) is 7.11 Å². The number of carboxylic acid groups (broad SMARTS) is 1. The van der Waals surface area contributed by atoms with E-state index in [2.05, 4.69) is 15.2 Å². The number of aromatic nitrogens is 3. The summed E-state index contributed by atoms with van der Waals surface area (Å²) < 4.78 is 4.95. The van der Waals surface area contributed by atoms with Gasteiger partial charge in [0.1, 0.15) is 23.7 Å².